The van der Waals surface area contributed by atoms with Gasteiger partial charge in [-0.3, -0.25) is 0 Å². The smallest absolute Gasteiger partial charge is 0.141 e. The molecule has 2 aliphatic carbocycles. The van der Waals surface area contributed by atoms with Crippen LogP contribution in [0.25, 0.3) is 22.3 Å². The zero-order chi connectivity index (χ0) is 51.2. The molecule has 0 saturated heterocycles. The van der Waals surface area contributed by atoms with Gasteiger partial charge in [-0.25, -0.2) is 0 Å². The highest BCUT2D eigenvalue weighted by Crippen LogP contribution is 2.68. The summed E-state index contributed by atoms with van der Waals surface area (Å²) in [6.45, 7) is 0. The Morgan fingerprint density at radius 1 is 0.237 bits per heavy atom. The van der Waals surface area contributed by atoms with E-state index in [1.807, 2.05) is 72.8 Å². The average molecular weight is 975 g/mol. The third kappa shape index (κ3) is 6.96. The highest BCUT2D eigenvalue weighted by Gasteiger charge is 2.59. The summed E-state index contributed by atoms with van der Waals surface area (Å²) < 4.78 is 0. The van der Waals surface area contributed by atoms with E-state index in [1.54, 1.807) is 0 Å². The highest BCUT2D eigenvalue weighted by molar-refractivity contribution is 6.14. The fourth-order valence-corrected chi connectivity index (χ4v) is 13.1. The Morgan fingerprint density at radius 2 is 0.434 bits per heavy atom. The fourth-order valence-electron chi connectivity index (χ4n) is 13.1. The molecule has 11 aromatic carbocycles. The number of hydrogen-bond donors (Lipinski definition) is 2. The van der Waals surface area contributed by atoms with Crippen molar-refractivity contribution >= 4 is 22.3 Å². The van der Waals surface area contributed by atoms with Crippen LogP contribution < -0.4 is 0 Å². The van der Waals surface area contributed by atoms with Gasteiger partial charge in [0.05, 0.1) is 10.8 Å². The van der Waals surface area contributed by atoms with Crippen molar-refractivity contribution in [1.82, 2.24) is 0 Å². The lowest BCUT2D eigenvalue weighted by Crippen LogP contribution is -2.32. The van der Waals surface area contributed by atoms with E-state index in [4.69, 9.17) is 0 Å². The Bertz CT molecular complexity index is 3460. The molecule has 0 saturated carbocycles. The van der Waals surface area contributed by atoms with Crippen LogP contribution in [0, 0.1) is 0 Å². The van der Waals surface area contributed by atoms with Gasteiger partial charge >= 0.3 is 0 Å². The Morgan fingerprint density at radius 3 is 0.658 bits per heavy atom. The number of allylic oxidation sites excluding steroid dienone is 2. The number of fused-ring (bicyclic) bond motifs is 2. The van der Waals surface area contributed by atoms with Gasteiger partial charge in [-0.2, -0.15) is 0 Å². The molecule has 0 aromatic heterocycles. The van der Waals surface area contributed by atoms with Gasteiger partial charge in [0, 0.05) is 11.1 Å². The summed E-state index contributed by atoms with van der Waals surface area (Å²) in [5, 5.41) is 29.7. The molecule has 76 heavy (non-hydrogen) atoms. The third-order valence-electron chi connectivity index (χ3n) is 16.2. The van der Waals surface area contributed by atoms with Crippen molar-refractivity contribution in [3.8, 4) is 0 Å². The van der Waals surface area contributed by atoms with E-state index in [-0.39, 0.29) is 0 Å². The van der Waals surface area contributed by atoms with Crippen molar-refractivity contribution in [3.05, 3.63) is 393 Å². The standard InChI is InChI=1S/C74H54O2/c75-73(59-43-23-7-24-44-59,60-45-25-8-26-46-60)69-63-51-66-64(52-65(63)71(55-35-15-3-16-36-55,56-37-17-4-18-38-56)67(69)53-31-11-1-12-32-53)70(74(76,61-47-27-9-28-48-61)62-49-29-10-30-50-62)68(54-33-13-2-14-34-54)72(66,57-39-19-5-20-40-57)58-41-21-6-22-42-58/h1-52,75-76H. The minimum atomic E-state index is -1.71. The minimum absolute atomic E-state index is 0.747. The molecule has 0 fully saturated rings. The molecule has 0 unspecified atom stereocenters. The fraction of sp³-hybridized carbons (Fsp3) is 0.0541. The molecule has 362 valence electrons. The van der Waals surface area contributed by atoms with Crippen molar-refractivity contribution in [2.24, 2.45) is 0 Å². The molecule has 11 aromatic rings. The first kappa shape index (κ1) is 46.6. The summed E-state index contributed by atoms with van der Waals surface area (Å²) >= 11 is 0. The lowest BCUT2D eigenvalue weighted by molar-refractivity contribution is 0.145. The molecule has 0 amide bonds. The Hall–Kier alpha value is -9.18. The average Bonchev–Trinajstić information content (AvgIpc) is 4.22. The van der Waals surface area contributed by atoms with E-state index in [0.717, 1.165) is 100 Å². The van der Waals surface area contributed by atoms with E-state index in [2.05, 4.69) is 243 Å². The number of aliphatic hydroxyl groups is 2. The molecule has 0 aliphatic heterocycles. The third-order valence-corrected chi connectivity index (χ3v) is 16.2. The van der Waals surface area contributed by atoms with Crippen LogP contribution in [0.15, 0.2) is 315 Å². The zero-order valence-electron chi connectivity index (χ0n) is 41.9. The zero-order valence-corrected chi connectivity index (χ0v) is 41.9. The summed E-state index contributed by atoms with van der Waals surface area (Å²) in [6.07, 6.45) is 0. The molecular weight excluding hydrogens is 921 g/mol. The van der Waals surface area contributed by atoms with Crippen LogP contribution in [0.2, 0.25) is 0 Å². The van der Waals surface area contributed by atoms with Crippen molar-refractivity contribution in [2.75, 3.05) is 0 Å². The van der Waals surface area contributed by atoms with Crippen molar-refractivity contribution < 1.29 is 10.2 Å². The predicted molar refractivity (Wildman–Crippen MR) is 310 cm³/mol. The summed E-state index contributed by atoms with van der Waals surface area (Å²) in [7, 11) is 0. The van der Waals surface area contributed by atoms with E-state index in [1.165, 1.54) is 0 Å². The Labute approximate surface area is 445 Å². The molecule has 0 spiro atoms. The predicted octanol–water partition coefficient (Wildman–Crippen LogP) is 16.1. The number of rotatable bonds is 12. The SMILES string of the molecule is OC(C1=C(c2ccccc2)C(c2ccccc2)(c2ccccc2)c2cc3c(cc21)C(c1ccccc1)(c1ccccc1)C(c1ccccc1)=C3C(O)(c1ccccc1)c1ccccc1)(c1ccccc1)c1ccccc1. The van der Waals surface area contributed by atoms with Crippen LogP contribution in [0.5, 0.6) is 0 Å². The van der Waals surface area contributed by atoms with Crippen molar-refractivity contribution in [1.29, 1.82) is 0 Å². The first-order valence-electron chi connectivity index (χ1n) is 26.2. The van der Waals surface area contributed by atoms with Crippen molar-refractivity contribution in [3.63, 3.8) is 0 Å². The minimum Gasteiger partial charge on any atom is -0.376 e. The summed E-state index contributed by atoms with van der Waals surface area (Å²) in [4.78, 5) is 0. The van der Waals surface area contributed by atoms with Gasteiger partial charge in [-0.1, -0.05) is 303 Å². The molecule has 0 heterocycles. The maximum Gasteiger partial charge on any atom is 0.141 e. The van der Waals surface area contributed by atoms with E-state index in [9.17, 15) is 10.2 Å². The van der Waals surface area contributed by atoms with Crippen molar-refractivity contribution in [2.45, 2.75) is 22.0 Å². The largest absolute Gasteiger partial charge is 0.376 e. The summed E-state index contributed by atoms with van der Waals surface area (Å²) in [5.41, 5.74) is 11.0. The van der Waals surface area contributed by atoms with Gasteiger partial charge in [0.15, 0.2) is 0 Å². The first-order valence-corrected chi connectivity index (χ1v) is 26.2. The molecule has 2 nitrogen and oxygen atoms in total. The molecule has 0 radical (unpaired) electrons. The maximum absolute atomic E-state index is 14.9. The monoisotopic (exact) mass is 974 g/mol. The highest BCUT2D eigenvalue weighted by atomic mass is 16.3. The first-order chi connectivity index (χ1) is 37.5. The van der Waals surface area contributed by atoms with E-state index >= 15 is 0 Å². The molecular formula is C74H54O2. The van der Waals surface area contributed by atoms with Gasteiger partial charge in [0.2, 0.25) is 0 Å². The molecule has 2 heteroatoms. The van der Waals surface area contributed by atoms with Crippen LogP contribution in [-0.4, -0.2) is 10.2 Å². The van der Waals surface area contributed by atoms with Gasteiger partial charge in [-0.05, 0) is 101 Å². The van der Waals surface area contributed by atoms with Crippen LogP contribution in [0.1, 0.15) is 77.9 Å². The molecule has 13 rings (SSSR count). The number of hydrogen-bond acceptors (Lipinski definition) is 2. The lowest BCUT2D eigenvalue weighted by Gasteiger charge is -2.38. The maximum atomic E-state index is 14.9. The topological polar surface area (TPSA) is 40.5 Å². The second kappa shape index (κ2) is 18.9. The second-order valence-electron chi connectivity index (χ2n) is 20.0. The Balaban J connectivity index is 1.32. The van der Waals surface area contributed by atoms with Crippen LogP contribution in [-0.2, 0) is 22.0 Å². The van der Waals surface area contributed by atoms with Crippen LogP contribution >= 0.6 is 0 Å². The van der Waals surface area contributed by atoms with Gasteiger partial charge < -0.3 is 10.2 Å². The lowest BCUT2D eigenvalue weighted by atomic mass is 9.63. The second-order valence-corrected chi connectivity index (χ2v) is 20.0. The molecule has 0 atom stereocenters. The summed E-state index contributed by atoms with van der Waals surface area (Å²) in [5.74, 6) is 0. The Kier molecular flexibility index (Phi) is 11.6. The molecule has 2 aliphatic rings. The molecule has 2 N–H and O–H groups in total. The molecule has 0 bridgehead atoms. The van der Waals surface area contributed by atoms with Crippen LogP contribution in [0.3, 0.4) is 0 Å². The summed E-state index contributed by atoms with van der Waals surface area (Å²) in [6, 6.07) is 110. The quantitative estimate of drug-likeness (QED) is 0.128. The van der Waals surface area contributed by atoms with E-state index < -0.39 is 22.0 Å². The number of benzene rings is 11. The van der Waals surface area contributed by atoms with Gasteiger partial charge in [0.1, 0.15) is 11.2 Å². The normalized spacial score (nSPS) is 14.6. The van der Waals surface area contributed by atoms with Crippen LogP contribution in [0.4, 0.5) is 0 Å². The van der Waals surface area contributed by atoms with Gasteiger partial charge in [0.25, 0.3) is 0 Å². The van der Waals surface area contributed by atoms with E-state index in [0.29, 0.717) is 0 Å². The van der Waals surface area contributed by atoms with Gasteiger partial charge in [-0.15, -0.1) is 0 Å².